The first-order valence-electron chi connectivity index (χ1n) is 15.4. The molecule has 0 saturated heterocycles. The van der Waals surface area contributed by atoms with Gasteiger partial charge in [-0.1, -0.05) is 25.0 Å². The first-order chi connectivity index (χ1) is 21.4. The topological polar surface area (TPSA) is 126 Å². The smallest absolute Gasteiger partial charge is 0.160 e. The minimum Gasteiger partial charge on any atom is -0.508 e. The zero-order chi connectivity index (χ0) is 30.4. The quantitative estimate of drug-likeness (QED) is 0.213. The van der Waals surface area contributed by atoms with Crippen LogP contribution in [0.25, 0.3) is 11.1 Å². The number of phenolic OH excluding ortho intramolecular Hbond substituents is 2. The molecule has 1 aromatic heterocycles. The predicted octanol–water partition coefficient (Wildman–Crippen LogP) is 5.38. The highest BCUT2D eigenvalue weighted by Gasteiger charge is 2.43. The van der Waals surface area contributed by atoms with E-state index in [-0.39, 0.29) is 36.2 Å². The van der Waals surface area contributed by atoms with Gasteiger partial charge in [0.15, 0.2) is 11.5 Å². The molecule has 3 aromatic carbocycles. The van der Waals surface area contributed by atoms with Crippen LogP contribution < -0.4 is 14.2 Å². The van der Waals surface area contributed by atoms with Gasteiger partial charge in [0.25, 0.3) is 0 Å². The van der Waals surface area contributed by atoms with Gasteiger partial charge >= 0.3 is 0 Å². The van der Waals surface area contributed by atoms with Crippen molar-refractivity contribution in [1.82, 2.24) is 9.55 Å². The largest absolute Gasteiger partial charge is 0.508 e. The van der Waals surface area contributed by atoms with Gasteiger partial charge in [0, 0.05) is 41.5 Å². The number of ether oxygens (including phenoxy) is 3. The van der Waals surface area contributed by atoms with E-state index in [2.05, 4.69) is 15.7 Å². The highest BCUT2D eigenvalue weighted by molar-refractivity contribution is 5.83. The summed E-state index contributed by atoms with van der Waals surface area (Å²) in [5, 5.41) is 41.9. The molecule has 9 heteroatoms. The van der Waals surface area contributed by atoms with Gasteiger partial charge in [-0.05, 0) is 78.1 Å². The third-order valence-electron chi connectivity index (χ3n) is 9.74. The Kier molecular flexibility index (Phi) is 7.38. The molecule has 0 amide bonds. The molecule has 44 heavy (non-hydrogen) atoms. The van der Waals surface area contributed by atoms with Crippen LogP contribution in [0.5, 0.6) is 28.7 Å². The van der Waals surface area contributed by atoms with Gasteiger partial charge in [0.05, 0.1) is 26.1 Å². The molecular formula is C35H38N2O7. The second-order valence-corrected chi connectivity index (χ2v) is 12.3. The zero-order valence-corrected chi connectivity index (χ0v) is 24.8. The molecule has 9 nitrogen and oxygen atoms in total. The molecule has 3 atom stereocenters. The van der Waals surface area contributed by atoms with Gasteiger partial charge in [-0.3, -0.25) is 0 Å². The number of aromatic hydroxyl groups is 2. The van der Waals surface area contributed by atoms with Crippen LogP contribution in [0.1, 0.15) is 66.4 Å². The van der Waals surface area contributed by atoms with E-state index < -0.39 is 12.2 Å². The lowest BCUT2D eigenvalue weighted by Crippen LogP contribution is -2.35. The maximum Gasteiger partial charge on any atom is 0.160 e. The van der Waals surface area contributed by atoms with Crippen LogP contribution in [0.2, 0.25) is 0 Å². The van der Waals surface area contributed by atoms with Crippen molar-refractivity contribution in [3.63, 3.8) is 0 Å². The van der Waals surface area contributed by atoms with E-state index in [4.69, 9.17) is 14.2 Å². The Bertz CT molecular complexity index is 1660. The lowest BCUT2D eigenvalue weighted by atomic mass is 9.70. The van der Waals surface area contributed by atoms with Gasteiger partial charge in [-0.25, -0.2) is 4.98 Å². The number of aromatic nitrogens is 2. The van der Waals surface area contributed by atoms with Gasteiger partial charge < -0.3 is 39.2 Å². The third kappa shape index (κ3) is 4.84. The van der Waals surface area contributed by atoms with Crippen molar-refractivity contribution >= 4 is 0 Å². The molecule has 3 unspecified atom stereocenters. The van der Waals surface area contributed by atoms with Crippen LogP contribution in [-0.2, 0) is 18.4 Å². The van der Waals surface area contributed by atoms with Crippen LogP contribution in [-0.4, -0.2) is 56.4 Å². The summed E-state index contributed by atoms with van der Waals surface area (Å²) in [6.07, 6.45) is 10.6. The van der Waals surface area contributed by atoms with E-state index in [1.54, 1.807) is 24.3 Å². The number of hydrogen-bond donors (Lipinski definition) is 4. The van der Waals surface area contributed by atoms with Crippen LogP contribution in [0, 0.1) is 0 Å². The van der Waals surface area contributed by atoms with Gasteiger partial charge in [-0.15, -0.1) is 0 Å². The SMILES string of the molecule is COc1cc(C2Oc3cc(OCCO)c4c(c3CC2O)C(CC2(n3ccnc3)CCCC2)Cc2cc(O)ccc2-4)ccc1O. The van der Waals surface area contributed by atoms with Crippen molar-refractivity contribution < 1.29 is 34.6 Å². The summed E-state index contributed by atoms with van der Waals surface area (Å²) in [4.78, 5) is 4.39. The molecule has 0 bridgehead atoms. The van der Waals surface area contributed by atoms with Crippen molar-refractivity contribution in [3.8, 4) is 39.9 Å². The summed E-state index contributed by atoms with van der Waals surface area (Å²) in [6, 6.07) is 12.3. The molecule has 4 N–H and O–H groups in total. The Morgan fingerprint density at radius 2 is 1.89 bits per heavy atom. The molecule has 2 heterocycles. The number of aliphatic hydroxyl groups is 2. The van der Waals surface area contributed by atoms with Crippen LogP contribution in [0.3, 0.4) is 0 Å². The Morgan fingerprint density at radius 3 is 2.64 bits per heavy atom. The van der Waals surface area contributed by atoms with E-state index in [0.29, 0.717) is 29.2 Å². The van der Waals surface area contributed by atoms with Crippen LogP contribution in [0.4, 0.5) is 0 Å². The molecule has 0 spiro atoms. The van der Waals surface area contributed by atoms with E-state index >= 15 is 0 Å². The number of phenols is 2. The fourth-order valence-electron chi connectivity index (χ4n) is 7.83. The predicted molar refractivity (Wildman–Crippen MR) is 164 cm³/mol. The van der Waals surface area contributed by atoms with Crippen molar-refractivity contribution in [2.75, 3.05) is 20.3 Å². The number of fused-ring (bicyclic) bond motifs is 5. The first-order valence-corrected chi connectivity index (χ1v) is 15.4. The van der Waals surface area contributed by atoms with Crippen molar-refractivity contribution in [2.24, 2.45) is 0 Å². The maximum absolute atomic E-state index is 11.6. The molecule has 1 fully saturated rings. The fourth-order valence-corrected chi connectivity index (χ4v) is 7.83. The lowest BCUT2D eigenvalue weighted by molar-refractivity contribution is 0.0199. The number of hydrogen-bond acceptors (Lipinski definition) is 8. The van der Waals surface area contributed by atoms with Crippen molar-refractivity contribution in [1.29, 1.82) is 0 Å². The van der Waals surface area contributed by atoms with Crippen LogP contribution >= 0.6 is 0 Å². The minimum atomic E-state index is -0.846. The normalized spacial score (nSPS) is 21.6. The monoisotopic (exact) mass is 598 g/mol. The van der Waals surface area contributed by atoms with Crippen molar-refractivity contribution in [2.45, 2.75) is 68.6 Å². The molecule has 1 aliphatic heterocycles. The fraction of sp³-hybridized carbons (Fsp3) is 0.400. The molecular weight excluding hydrogens is 560 g/mol. The Labute approximate surface area is 256 Å². The minimum absolute atomic E-state index is 0.0157. The first kappa shape index (κ1) is 28.6. The standard InChI is InChI=1S/C35H38N2O7/c1-42-30-16-21(4-7-27(30)40)34-28(41)17-26-29(44-34)18-31(43-13-12-38)33-25-6-5-24(39)15-22(25)14-23(32(26)33)19-35(8-2-3-9-35)37-11-10-36-20-37/h4-7,10-11,15-16,18,20,23,28,34,38-41H,2-3,8-9,12-14,17,19H2,1H3. The Hall–Kier alpha value is -4.21. The molecule has 3 aliphatic rings. The Morgan fingerprint density at radius 1 is 1.05 bits per heavy atom. The molecule has 4 aromatic rings. The number of rotatable bonds is 8. The second-order valence-electron chi connectivity index (χ2n) is 12.3. The summed E-state index contributed by atoms with van der Waals surface area (Å²) in [7, 11) is 1.49. The molecule has 230 valence electrons. The van der Waals surface area contributed by atoms with E-state index in [1.165, 1.54) is 7.11 Å². The molecule has 0 radical (unpaired) electrons. The van der Waals surface area contributed by atoms with E-state index in [0.717, 1.165) is 66.3 Å². The maximum atomic E-state index is 11.6. The molecule has 7 rings (SSSR count). The third-order valence-corrected chi connectivity index (χ3v) is 9.74. The number of imidazole rings is 1. The average molecular weight is 599 g/mol. The second kappa shape index (κ2) is 11.4. The van der Waals surface area contributed by atoms with Gasteiger partial charge in [0.1, 0.15) is 30.0 Å². The lowest BCUT2D eigenvalue weighted by Gasteiger charge is -2.41. The molecule has 1 saturated carbocycles. The number of methoxy groups -OCH3 is 1. The van der Waals surface area contributed by atoms with Crippen molar-refractivity contribution in [3.05, 3.63) is 83.4 Å². The van der Waals surface area contributed by atoms with Crippen LogP contribution in [0.15, 0.2) is 61.2 Å². The van der Waals surface area contributed by atoms with E-state index in [9.17, 15) is 20.4 Å². The summed E-state index contributed by atoms with van der Waals surface area (Å²) in [5.74, 6) is 1.83. The highest BCUT2D eigenvalue weighted by Crippen LogP contribution is 2.56. The highest BCUT2D eigenvalue weighted by atomic mass is 16.5. The summed E-state index contributed by atoms with van der Waals surface area (Å²) < 4.78 is 20.4. The number of aliphatic hydroxyl groups excluding tert-OH is 2. The Balaban J connectivity index is 1.39. The zero-order valence-electron chi connectivity index (χ0n) is 24.8. The van der Waals surface area contributed by atoms with Gasteiger partial charge in [0.2, 0.25) is 0 Å². The van der Waals surface area contributed by atoms with E-state index in [1.807, 2.05) is 30.7 Å². The number of benzene rings is 3. The summed E-state index contributed by atoms with van der Waals surface area (Å²) >= 11 is 0. The summed E-state index contributed by atoms with van der Waals surface area (Å²) in [5.41, 5.74) is 5.60. The summed E-state index contributed by atoms with van der Waals surface area (Å²) in [6.45, 7) is -0.0273. The molecule has 2 aliphatic carbocycles. The average Bonchev–Trinajstić information content (AvgIpc) is 3.73. The van der Waals surface area contributed by atoms with Gasteiger partial charge in [-0.2, -0.15) is 0 Å². The number of nitrogens with zero attached hydrogens (tertiary/aromatic N) is 2.